The molecule has 3 unspecified atom stereocenters. The number of nitrogens with zero attached hydrogens (tertiary/aromatic N) is 2. The summed E-state index contributed by atoms with van der Waals surface area (Å²) < 4.78 is 0. The van der Waals surface area contributed by atoms with E-state index < -0.39 is 0 Å². The minimum Gasteiger partial charge on any atom is -0.329 e. The van der Waals surface area contributed by atoms with Gasteiger partial charge >= 0.3 is 0 Å². The second-order valence-corrected chi connectivity index (χ2v) is 6.97. The summed E-state index contributed by atoms with van der Waals surface area (Å²) in [6.07, 6.45) is 3.97. The summed E-state index contributed by atoms with van der Waals surface area (Å²) in [6, 6.07) is 9.30. The maximum Gasteiger partial charge on any atom is 0.0470 e. The predicted molar refractivity (Wildman–Crippen MR) is 88.6 cm³/mol. The van der Waals surface area contributed by atoms with Gasteiger partial charge in [-0.3, -0.25) is 4.90 Å². The van der Waals surface area contributed by atoms with Gasteiger partial charge in [0.05, 0.1) is 0 Å². The van der Waals surface area contributed by atoms with E-state index in [2.05, 4.69) is 29.0 Å². The fourth-order valence-corrected chi connectivity index (χ4v) is 4.27. The van der Waals surface area contributed by atoms with E-state index in [0.29, 0.717) is 12.6 Å². The summed E-state index contributed by atoms with van der Waals surface area (Å²) >= 11 is 6.00. The molecule has 116 valence electrons. The molecule has 0 saturated carbocycles. The third kappa shape index (κ3) is 3.26. The quantitative estimate of drug-likeness (QED) is 0.932. The molecule has 1 aromatic carbocycles. The van der Waals surface area contributed by atoms with Gasteiger partial charge in [-0.15, -0.1) is 0 Å². The summed E-state index contributed by atoms with van der Waals surface area (Å²) in [6.45, 7) is 4.27. The number of piperidine rings is 2. The number of halogens is 1. The molecule has 3 atom stereocenters. The maximum atomic E-state index is 6.08. The molecule has 0 aromatic heterocycles. The summed E-state index contributed by atoms with van der Waals surface area (Å²) in [7, 11) is 2.28. The predicted octanol–water partition coefficient (Wildman–Crippen LogP) is 2.76. The highest BCUT2D eigenvalue weighted by atomic mass is 35.5. The van der Waals surface area contributed by atoms with E-state index in [9.17, 15) is 0 Å². The molecule has 21 heavy (non-hydrogen) atoms. The Hall–Kier alpha value is -0.610. The van der Waals surface area contributed by atoms with Gasteiger partial charge in [0, 0.05) is 36.7 Å². The summed E-state index contributed by atoms with van der Waals surface area (Å²) in [5, 5.41) is 0.794. The Balaban J connectivity index is 1.72. The lowest BCUT2D eigenvalue weighted by atomic mass is 9.83. The number of hydrogen-bond donors (Lipinski definition) is 1. The Morgan fingerprint density at radius 2 is 2.00 bits per heavy atom. The van der Waals surface area contributed by atoms with Crippen LogP contribution in [0.4, 0.5) is 0 Å². The Kier molecular flexibility index (Phi) is 4.85. The third-order valence-corrected chi connectivity index (χ3v) is 5.55. The molecule has 4 heteroatoms. The first-order chi connectivity index (χ1) is 10.2. The van der Waals surface area contributed by atoms with Crippen molar-refractivity contribution in [2.45, 2.75) is 31.3 Å². The SMILES string of the molecule is CN1CCCC2CN(C(CN)c3ccc(Cl)cc3)CCC21. The van der Waals surface area contributed by atoms with E-state index in [1.165, 1.54) is 37.9 Å². The molecule has 3 rings (SSSR count). The van der Waals surface area contributed by atoms with Crippen LogP contribution < -0.4 is 5.73 Å². The van der Waals surface area contributed by atoms with Crippen LogP contribution in [0.25, 0.3) is 0 Å². The zero-order valence-electron chi connectivity index (χ0n) is 12.8. The van der Waals surface area contributed by atoms with Gasteiger partial charge in [-0.05, 0) is 56.5 Å². The van der Waals surface area contributed by atoms with E-state index in [-0.39, 0.29) is 0 Å². The molecule has 0 spiro atoms. The molecular formula is C17H26ClN3. The van der Waals surface area contributed by atoms with Crippen molar-refractivity contribution >= 4 is 11.6 Å². The van der Waals surface area contributed by atoms with E-state index in [1.807, 2.05) is 12.1 Å². The van der Waals surface area contributed by atoms with E-state index in [4.69, 9.17) is 17.3 Å². The first-order valence-corrected chi connectivity index (χ1v) is 8.46. The molecule has 2 N–H and O–H groups in total. The second-order valence-electron chi connectivity index (χ2n) is 6.54. The van der Waals surface area contributed by atoms with Crippen LogP contribution in [0.1, 0.15) is 30.9 Å². The average molecular weight is 308 g/mol. The first-order valence-electron chi connectivity index (χ1n) is 8.09. The normalized spacial score (nSPS) is 29.1. The summed E-state index contributed by atoms with van der Waals surface area (Å²) in [5.74, 6) is 0.804. The van der Waals surface area contributed by atoms with Gasteiger partial charge in [0.1, 0.15) is 0 Å². The zero-order valence-corrected chi connectivity index (χ0v) is 13.6. The molecule has 1 aromatic rings. The van der Waals surface area contributed by atoms with Gasteiger partial charge in [-0.25, -0.2) is 0 Å². The van der Waals surface area contributed by atoms with Gasteiger partial charge in [0.25, 0.3) is 0 Å². The molecule has 0 radical (unpaired) electrons. The molecule has 2 saturated heterocycles. The molecule has 0 aliphatic carbocycles. The van der Waals surface area contributed by atoms with Gasteiger partial charge in [-0.2, -0.15) is 0 Å². The molecule has 0 bridgehead atoms. The topological polar surface area (TPSA) is 32.5 Å². The van der Waals surface area contributed by atoms with Crippen LogP contribution in [0.3, 0.4) is 0 Å². The molecular weight excluding hydrogens is 282 g/mol. The van der Waals surface area contributed by atoms with Crippen molar-refractivity contribution in [2.75, 3.05) is 33.2 Å². The minimum absolute atomic E-state index is 0.329. The highest BCUT2D eigenvalue weighted by Gasteiger charge is 2.36. The second kappa shape index (κ2) is 6.66. The Morgan fingerprint density at radius 1 is 1.24 bits per heavy atom. The number of rotatable bonds is 3. The number of hydrogen-bond acceptors (Lipinski definition) is 3. The summed E-state index contributed by atoms with van der Waals surface area (Å²) in [4.78, 5) is 5.15. The first kappa shape index (κ1) is 15.3. The molecule has 2 aliphatic rings. The van der Waals surface area contributed by atoms with E-state index >= 15 is 0 Å². The standard InChI is InChI=1S/C17H26ClN3/c1-20-9-2-3-14-12-21(10-8-16(14)20)17(11-19)13-4-6-15(18)7-5-13/h4-7,14,16-17H,2-3,8-12,19H2,1H3. The fourth-order valence-electron chi connectivity index (χ4n) is 4.14. The van der Waals surface area contributed by atoms with Crippen LogP contribution in [0.2, 0.25) is 5.02 Å². The lowest BCUT2D eigenvalue weighted by Gasteiger charge is -2.48. The smallest absolute Gasteiger partial charge is 0.0470 e. The van der Waals surface area contributed by atoms with Crippen molar-refractivity contribution in [1.29, 1.82) is 0 Å². The van der Waals surface area contributed by atoms with Crippen LogP contribution in [0, 0.1) is 5.92 Å². The number of benzene rings is 1. The van der Waals surface area contributed by atoms with Crippen molar-refractivity contribution in [3.8, 4) is 0 Å². The molecule has 3 nitrogen and oxygen atoms in total. The highest BCUT2D eigenvalue weighted by molar-refractivity contribution is 6.30. The fraction of sp³-hybridized carbons (Fsp3) is 0.647. The summed E-state index contributed by atoms with van der Waals surface area (Å²) in [5.41, 5.74) is 7.38. The van der Waals surface area contributed by atoms with Crippen molar-refractivity contribution < 1.29 is 0 Å². The Labute approximate surface area is 133 Å². The maximum absolute atomic E-state index is 6.08. The average Bonchev–Trinajstić information content (AvgIpc) is 2.50. The highest BCUT2D eigenvalue weighted by Crippen LogP contribution is 2.33. The van der Waals surface area contributed by atoms with Crippen LogP contribution in [0.15, 0.2) is 24.3 Å². The van der Waals surface area contributed by atoms with Crippen molar-refractivity contribution in [3.05, 3.63) is 34.9 Å². The van der Waals surface area contributed by atoms with Crippen LogP contribution in [-0.2, 0) is 0 Å². The van der Waals surface area contributed by atoms with Crippen molar-refractivity contribution in [1.82, 2.24) is 9.80 Å². The van der Waals surface area contributed by atoms with Gasteiger partial charge < -0.3 is 10.6 Å². The molecule has 2 fully saturated rings. The monoisotopic (exact) mass is 307 g/mol. The van der Waals surface area contributed by atoms with Gasteiger partial charge in [-0.1, -0.05) is 23.7 Å². The van der Waals surface area contributed by atoms with Crippen LogP contribution in [0.5, 0.6) is 0 Å². The Morgan fingerprint density at radius 3 is 2.71 bits per heavy atom. The number of nitrogens with two attached hydrogens (primary N) is 1. The number of fused-ring (bicyclic) bond motifs is 1. The zero-order chi connectivity index (χ0) is 14.8. The molecule has 0 amide bonds. The van der Waals surface area contributed by atoms with E-state index in [1.54, 1.807) is 0 Å². The van der Waals surface area contributed by atoms with Crippen LogP contribution >= 0.6 is 11.6 Å². The van der Waals surface area contributed by atoms with E-state index in [0.717, 1.165) is 23.5 Å². The number of likely N-dealkylation sites (tertiary alicyclic amines) is 2. The van der Waals surface area contributed by atoms with Crippen molar-refractivity contribution in [3.63, 3.8) is 0 Å². The third-order valence-electron chi connectivity index (χ3n) is 5.30. The molecule has 2 heterocycles. The minimum atomic E-state index is 0.329. The van der Waals surface area contributed by atoms with Gasteiger partial charge in [0.15, 0.2) is 0 Å². The van der Waals surface area contributed by atoms with Crippen LogP contribution in [-0.4, -0.2) is 49.1 Å². The lowest BCUT2D eigenvalue weighted by molar-refractivity contribution is 0.0211. The largest absolute Gasteiger partial charge is 0.329 e. The molecule has 2 aliphatic heterocycles. The Bertz CT molecular complexity index is 462. The lowest BCUT2D eigenvalue weighted by Crippen LogP contribution is -2.53. The van der Waals surface area contributed by atoms with Gasteiger partial charge in [0.2, 0.25) is 0 Å². The van der Waals surface area contributed by atoms with Crippen molar-refractivity contribution in [2.24, 2.45) is 11.7 Å².